The van der Waals surface area contributed by atoms with E-state index < -0.39 is 0 Å². The Morgan fingerprint density at radius 2 is 1.17 bits per heavy atom. The first-order valence-electron chi connectivity index (χ1n) is 4.78. The summed E-state index contributed by atoms with van der Waals surface area (Å²) < 4.78 is 11.9. The molecule has 1 aliphatic heterocycles. The smallest absolute Gasteiger partial charge is 0.0914 e. The Morgan fingerprint density at radius 1 is 0.833 bits per heavy atom. The Labute approximate surface area is 74.2 Å². The molecule has 1 saturated heterocycles. The summed E-state index contributed by atoms with van der Waals surface area (Å²) in [5, 5.41) is 0. The highest BCUT2D eigenvalue weighted by atomic mass is 16.6. The molecule has 0 aromatic carbocycles. The van der Waals surface area contributed by atoms with E-state index >= 15 is 0 Å². The number of rotatable bonds is 0. The quantitative estimate of drug-likeness (QED) is 0.554. The van der Waals surface area contributed by atoms with Crippen molar-refractivity contribution < 1.29 is 9.47 Å². The van der Waals surface area contributed by atoms with Gasteiger partial charge in [-0.3, -0.25) is 0 Å². The van der Waals surface area contributed by atoms with Gasteiger partial charge in [0.2, 0.25) is 0 Å². The minimum atomic E-state index is -0.144. The monoisotopic (exact) mass is 170 g/mol. The second-order valence-electron chi connectivity index (χ2n) is 4.91. The second kappa shape index (κ2) is 2.24. The Morgan fingerprint density at radius 3 is 1.42 bits per heavy atom. The highest BCUT2D eigenvalue weighted by Gasteiger charge is 2.52. The van der Waals surface area contributed by atoms with E-state index in [0.717, 1.165) is 0 Å². The molecule has 2 rings (SSSR count). The summed E-state index contributed by atoms with van der Waals surface area (Å²) in [6, 6.07) is 0. The summed E-state index contributed by atoms with van der Waals surface area (Å²) in [6.07, 6.45) is 3.08. The van der Waals surface area contributed by atoms with Crippen molar-refractivity contribution in [2.75, 3.05) is 0 Å². The van der Waals surface area contributed by atoms with E-state index in [1.54, 1.807) is 0 Å². The minimum absolute atomic E-state index is 0.144. The molecule has 0 spiro atoms. The third-order valence-electron chi connectivity index (χ3n) is 3.49. The Hall–Kier alpha value is -0.0800. The average Bonchev–Trinajstić information content (AvgIpc) is 1.91. The van der Waals surface area contributed by atoms with Gasteiger partial charge in [-0.2, -0.15) is 0 Å². The number of ether oxygens (including phenoxy) is 2. The highest BCUT2D eigenvalue weighted by Crippen LogP contribution is 2.43. The van der Waals surface area contributed by atoms with Crippen LogP contribution in [0.4, 0.5) is 0 Å². The van der Waals surface area contributed by atoms with Crippen molar-refractivity contribution in [1.29, 1.82) is 0 Å². The van der Waals surface area contributed by atoms with Crippen LogP contribution >= 0.6 is 0 Å². The lowest BCUT2D eigenvalue weighted by atomic mass is 9.81. The number of hydrogen-bond donors (Lipinski definition) is 0. The predicted molar refractivity (Wildman–Crippen MR) is 47.1 cm³/mol. The molecule has 0 amide bonds. The topological polar surface area (TPSA) is 18.5 Å². The van der Waals surface area contributed by atoms with Crippen molar-refractivity contribution in [3.8, 4) is 0 Å². The van der Waals surface area contributed by atoms with E-state index in [0.29, 0.717) is 12.2 Å². The predicted octanol–water partition coefficient (Wildman–Crippen LogP) is 2.12. The molecule has 0 aromatic heterocycles. The first-order valence-corrected chi connectivity index (χ1v) is 4.78. The lowest BCUT2D eigenvalue weighted by Crippen LogP contribution is -2.63. The fourth-order valence-electron chi connectivity index (χ4n) is 1.75. The molecule has 0 bridgehead atoms. The zero-order valence-electron chi connectivity index (χ0n) is 8.39. The van der Waals surface area contributed by atoms with E-state index in [-0.39, 0.29) is 11.2 Å². The first-order chi connectivity index (χ1) is 5.42. The summed E-state index contributed by atoms with van der Waals surface area (Å²) in [6.45, 7) is 8.45. The third kappa shape index (κ3) is 1.01. The largest absolute Gasteiger partial charge is 0.367 e. The molecule has 0 aromatic rings. The molecule has 2 nitrogen and oxygen atoms in total. The maximum atomic E-state index is 5.96. The fraction of sp³-hybridized carbons (Fsp3) is 1.00. The van der Waals surface area contributed by atoms with Crippen LogP contribution in [0.15, 0.2) is 0 Å². The molecule has 70 valence electrons. The molecular weight excluding hydrogens is 152 g/mol. The van der Waals surface area contributed by atoms with Gasteiger partial charge in [0.25, 0.3) is 0 Å². The van der Waals surface area contributed by atoms with E-state index in [4.69, 9.17) is 9.47 Å². The molecule has 2 heteroatoms. The highest BCUT2D eigenvalue weighted by molar-refractivity contribution is 5.00. The van der Waals surface area contributed by atoms with Crippen LogP contribution in [0, 0.1) is 0 Å². The van der Waals surface area contributed by atoms with Crippen LogP contribution in [-0.2, 0) is 9.47 Å². The van der Waals surface area contributed by atoms with Crippen LogP contribution in [0.5, 0.6) is 0 Å². The van der Waals surface area contributed by atoms with Crippen LogP contribution in [0.2, 0.25) is 0 Å². The van der Waals surface area contributed by atoms with E-state index in [1.807, 2.05) is 0 Å². The molecule has 1 heterocycles. The van der Waals surface area contributed by atoms with Gasteiger partial charge in [0.15, 0.2) is 0 Å². The van der Waals surface area contributed by atoms with E-state index in [1.165, 1.54) is 12.8 Å². The third-order valence-corrected chi connectivity index (χ3v) is 3.49. The second-order valence-corrected chi connectivity index (χ2v) is 4.91. The van der Waals surface area contributed by atoms with Gasteiger partial charge in [-0.1, -0.05) is 0 Å². The lowest BCUT2D eigenvalue weighted by molar-refractivity contribution is -0.321. The maximum absolute atomic E-state index is 5.96. The van der Waals surface area contributed by atoms with Gasteiger partial charge >= 0.3 is 0 Å². The van der Waals surface area contributed by atoms with Crippen molar-refractivity contribution in [3.05, 3.63) is 0 Å². The Kier molecular flexibility index (Phi) is 1.59. The normalized spacial score (nSPS) is 43.0. The summed E-state index contributed by atoms with van der Waals surface area (Å²) >= 11 is 0. The van der Waals surface area contributed by atoms with Crippen molar-refractivity contribution in [3.63, 3.8) is 0 Å². The fourth-order valence-corrected chi connectivity index (χ4v) is 1.75. The van der Waals surface area contributed by atoms with Crippen LogP contribution in [0.1, 0.15) is 40.5 Å². The lowest BCUT2D eigenvalue weighted by Gasteiger charge is -2.55. The summed E-state index contributed by atoms with van der Waals surface area (Å²) in [4.78, 5) is 0. The maximum Gasteiger partial charge on any atom is 0.0914 e. The van der Waals surface area contributed by atoms with Gasteiger partial charge in [-0.25, -0.2) is 0 Å². The molecule has 0 N–H and O–H groups in total. The van der Waals surface area contributed by atoms with E-state index in [2.05, 4.69) is 27.7 Å². The van der Waals surface area contributed by atoms with Crippen molar-refractivity contribution in [2.45, 2.75) is 63.9 Å². The van der Waals surface area contributed by atoms with Crippen molar-refractivity contribution in [1.82, 2.24) is 0 Å². The first kappa shape index (κ1) is 8.52. The number of fused-ring (bicyclic) bond motifs is 1. The van der Waals surface area contributed by atoms with Gasteiger partial charge < -0.3 is 9.47 Å². The minimum Gasteiger partial charge on any atom is -0.367 e. The summed E-state index contributed by atoms with van der Waals surface area (Å²) in [5.74, 6) is 0. The zero-order chi connectivity index (χ0) is 8.98. The molecule has 1 aliphatic carbocycles. The molecule has 1 saturated carbocycles. The summed E-state index contributed by atoms with van der Waals surface area (Å²) in [5.41, 5.74) is -0.289. The molecular formula is C10H18O2. The Bertz CT molecular complexity index is 174. The van der Waals surface area contributed by atoms with Gasteiger partial charge in [0, 0.05) is 0 Å². The van der Waals surface area contributed by atoms with Gasteiger partial charge in [-0.05, 0) is 40.5 Å². The zero-order valence-corrected chi connectivity index (χ0v) is 8.39. The van der Waals surface area contributed by atoms with Crippen LogP contribution in [0.3, 0.4) is 0 Å². The molecule has 2 fully saturated rings. The molecule has 12 heavy (non-hydrogen) atoms. The van der Waals surface area contributed by atoms with Crippen LogP contribution < -0.4 is 0 Å². The Balaban J connectivity index is 2.16. The van der Waals surface area contributed by atoms with Gasteiger partial charge in [0.1, 0.15) is 0 Å². The number of hydrogen-bond acceptors (Lipinski definition) is 2. The van der Waals surface area contributed by atoms with Crippen molar-refractivity contribution >= 4 is 0 Å². The van der Waals surface area contributed by atoms with Crippen LogP contribution in [-0.4, -0.2) is 23.4 Å². The van der Waals surface area contributed by atoms with Crippen molar-refractivity contribution in [2.24, 2.45) is 0 Å². The molecule has 2 atom stereocenters. The SMILES string of the molecule is CC1(C)OC2CCC2OC1(C)C. The van der Waals surface area contributed by atoms with Gasteiger partial charge in [-0.15, -0.1) is 0 Å². The molecule has 0 radical (unpaired) electrons. The summed E-state index contributed by atoms with van der Waals surface area (Å²) in [7, 11) is 0. The standard InChI is InChI=1S/C10H18O2/c1-9(2)10(3,4)12-8-6-5-7(8)11-9/h7-8H,5-6H2,1-4H3. The molecule has 2 aliphatic rings. The van der Waals surface area contributed by atoms with Gasteiger partial charge in [0.05, 0.1) is 23.4 Å². The van der Waals surface area contributed by atoms with Crippen LogP contribution in [0.25, 0.3) is 0 Å². The average molecular weight is 170 g/mol. The van der Waals surface area contributed by atoms with E-state index in [9.17, 15) is 0 Å². The molecule has 2 unspecified atom stereocenters.